The lowest BCUT2D eigenvalue weighted by atomic mass is 9.83. The van der Waals surface area contributed by atoms with E-state index < -0.39 is 41.7 Å². The summed E-state index contributed by atoms with van der Waals surface area (Å²) in [5.74, 6) is -0.960. The van der Waals surface area contributed by atoms with Gasteiger partial charge in [0.25, 0.3) is 5.56 Å². The highest BCUT2D eigenvalue weighted by molar-refractivity contribution is 5.99. The van der Waals surface area contributed by atoms with E-state index in [0.717, 1.165) is 0 Å². The van der Waals surface area contributed by atoms with Gasteiger partial charge in [0.1, 0.15) is 11.7 Å². The van der Waals surface area contributed by atoms with Gasteiger partial charge in [0.15, 0.2) is 12.0 Å². The third-order valence-corrected chi connectivity index (χ3v) is 5.08. The Balaban J connectivity index is 1.77. The first kappa shape index (κ1) is 16.9. The first-order valence-electron chi connectivity index (χ1n) is 8.28. The molecule has 2 saturated heterocycles. The van der Waals surface area contributed by atoms with Crippen molar-refractivity contribution < 1.29 is 19.4 Å². The van der Waals surface area contributed by atoms with Crippen molar-refractivity contribution in [1.82, 2.24) is 9.55 Å². The van der Waals surface area contributed by atoms with Crippen LogP contribution >= 0.6 is 0 Å². The number of hydrogen-bond acceptors (Lipinski definition) is 6. The van der Waals surface area contributed by atoms with E-state index >= 15 is 0 Å². The van der Waals surface area contributed by atoms with Crippen molar-refractivity contribution >= 4 is 5.78 Å². The Hall–Kier alpha value is -2.55. The number of hydrogen-bond donors (Lipinski definition) is 2. The predicted octanol–water partition coefficient (Wildman–Crippen LogP) is 0.00282. The molecule has 0 aliphatic carbocycles. The van der Waals surface area contributed by atoms with E-state index in [0.29, 0.717) is 11.1 Å². The molecule has 2 aromatic rings. The number of aromatic amines is 1. The van der Waals surface area contributed by atoms with Crippen molar-refractivity contribution in [1.29, 1.82) is 0 Å². The van der Waals surface area contributed by atoms with Gasteiger partial charge >= 0.3 is 5.69 Å². The fourth-order valence-electron chi connectivity index (χ4n) is 3.73. The van der Waals surface area contributed by atoms with Crippen molar-refractivity contribution in [3.8, 4) is 0 Å². The largest absolute Gasteiger partial charge is 0.393 e. The van der Waals surface area contributed by atoms with Gasteiger partial charge in [-0.05, 0) is 6.92 Å². The molecule has 8 heteroatoms. The molecule has 1 aromatic heterocycles. The SMILES string of the molecule is Cc1cn([C@@H]2O[C@]3(CO)CO[C@H]2[C@H]3C(=O)c2ccccc2)c(=O)[nH]c1=O. The lowest BCUT2D eigenvalue weighted by Gasteiger charge is -2.30. The maximum absolute atomic E-state index is 13.0. The van der Waals surface area contributed by atoms with Gasteiger partial charge in [-0.1, -0.05) is 30.3 Å². The first-order chi connectivity index (χ1) is 12.5. The molecule has 0 saturated carbocycles. The van der Waals surface area contributed by atoms with E-state index in [1.165, 1.54) is 10.8 Å². The van der Waals surface area contributed by atoms with Crippen LogP contribution in [0, 0.1) is 12.8 Å². The van der Waals surface area contributed by atoms with Gasteiger partial charge in [-0.25, -0.2) is 4.79 Å². The summed E-state index contributed by atoms with van der Waals surface area (Å²) in [5.41, 5.74) is -1.53. The average Bonchev–Trinajstić information content (AvgIpc) is 3.18. The smallest absolute Gasteiger partial charge is 0.330 e. The third-order valence-electron chi connectivity index (χ3n) is 5.08. The van der Waals surface area contributed by atoms with Crippen LogP contribution in [-0.4, -0.2) is 45.4 Å². The van der Waals surface area contributed by atoms with Gasteiger partial charge in [0.2, 0.25) is 0 Å². The number of Topliss-reactive ketones (excluding diaryl/α,β-unsaturated/α-hetero) is 1. The van der Waals surface area contributed by atoms with Crippen LogP contribution in [0.2, 0.25) is 0 Å². The molecule has 2 bridgehead atoms. The summed E-state index contributed by atoms with van der Waals surface area (Å²) in [6.45, 7) is 1.21. The van der Waals surface area contributed by atoms with Crippen molar-refractivity contribution in [3.63, 3.8) is 0 Å². The Morgan fingerprint density at radius 3 is 2.77 bits per heavy atom. The number of nitrogens with zero attached hydrogens (tertiary/aromatic N) is 1. The molecule has 3 heterocycles. The Kier molecular flexibility index (Phi) is 3.91. The molecule has 0 amide bonds. The zero-order valence-corrected chi connectivity index (χ0v) is 14.0. The number of ketones is 1. The number of nitrogens with one attached hydrogen (secondary N) is 1. The Labute approximate surface area is 148 Å². The summed E-state index contributed by atoms with van der Waals surface area (Å²) >= 11 is 0. The summed E-state index contributed by atoms with van der Waals surface area (Å²) in [6.07, 6.45) is -0.264. The number of ether oxygens (including phenoxy) is 2. The summed E-state index contributed by atoms with van der Waals surface area (Å²) in [6, 6.07) is 8.70. The highest BCUT2D eigenvalue weighted by atomic mass is 16.6. The van der Waals surface area contributed by atoms with Gasteiger partial charge in [-0.2, -0.15) is 0 Å². The summed E-state index contributed by atoms with van der Waals surface area (Å²) in [4.78, 5) is 39.1. The van der Waals surface area contributed by atoms with Gasteiger partial charge in [-0.3, -0.25) is 19.1 Å². The van der Waals surface area contributed by atoms with Crippen LogP contribution in [0.15, 0.2) is 46.1 Å². The minimum Gasteiger partial charge on any atom is -0.393 e. The van der Waals surface area contributed by atoms with Crippen molar-refractivity contribution in [3.05, 3.63) is 68.5 Å². The van der Waals surface area contributed by atoms with Gasteiger partial charge in [0, 0.05) is 17.3 Å². The molecule has 2 N–H and O–H groups in total. The van der Waals surface area contributed by atoms with Gasteiger partial charge in [0.05, 0.1) is 19.1 Å². The number of H-pyrrole nitrogens is 1. The third kappa shape index (κ3) is 2.38. The number of aliphatic hydroxyl groups is 1. The molecule has 2 fully saturated rings. The Morgan fingerprint density at radius 2 is 2.08 bits per heavy atom. The van der Waals surface area contributed by atoms with Crippen LogP contribution in [0.3, 0.4) is 0 Å². The molecule has 26 heavy (non-hydrogen) atoms. The van der Waals surface area contributed by atoms with Crippen LogP contribution < -0.4 is 11.2 Å². The van der Waals surface area contributed by atoms with E-state index in [9.17, 15) is 19.5 Å². The molecule has 4 atom stereocenters. The zero-order chi connectivity index (χ0) is 18.5. The predicted molar refractivity (Wildman–Crippen MR) is 90.0 cm³/mol. The number of aryl methyl sites for hydroxylation is 1. The fraction of sp³-hybridized carbons (Fsp3) is 0.389. The lowest BCUT2D eigenvalue weighted by molar-refractivity contribution is -0.185. The van der Waals surface area contributed by atoms with Crippen molar-refractivity contribution in [2.24, 2.45) is 5.92 Å². The number of aromatic nitrogens is 2. The number of carbonyl (C=O) groups is 1. The van der Waals surface area contributed by atoms with E-state index in [1.54, 1.807) is 37.3 Å². The van der Waals surface area contributed by atoms with Crippen LogP contribution in [-0.2, 0) is 9.47 Å². The van der Waals surface area contributed by atoms with Crippen LogP contribution in [0.1, 0.15) is 22.1 Å². The molecule has 136 valence electrons. The summed E-state index contributed by atoms with van der Waals surface area (Å²) in [5, 5.41) is 9.94. The quantitative estimate of drug-likeness (QED) is 0.745. The van der Waals surface area contributed by atoms with E-state index in [1.807, 2.05) is 0 Å². The maximum Gasteiger partial charge on any atom is 0.330 e. The lowest BCUT2D eigenvalue weighted by Crippen LogP contribution is -2.45. The Bertz CT molecular complexity index is 966. The minimum absolute atomic E-state index is 0.0605. The molecule has 4 rings (SSSR count). The summed E-state index contributed by atoms with van der Waals surface area (Å²) in [7, 11) is 0. The van der Waals surface area contributed by atoms with Crippen molar-refractivity contribution in [2.45, 2.75) is 24.9 Å². The van der Waals surface area contributed by atoms with Crippen LogP contribution in [0.4, 0.5) is 0 Å². The second kappa shape index (κ2) is 6.01. The van der Waals surface area contributed by atoms with Gasteiger partial charge in [-0.15, -0.1) is 0 Å². The van der Waals surface area contributed by atoms with E-state index in [2.05, 4.69) is 4.98 Å². The number of rotatable bonds is 4. The number of carbonyl (C=O) groups excluding carboxylic acids is 1. The standard InChI is InChI=1S/C18H18N2O6/c1-10-7-20(17(24)19-15(10)23)16-14-12(18(8-21,26-16)9-25-14)13(22)11-5-3-2-4-6-11/h2-7,12,14,16,21H,8-9H2,1H3,(H,19,23,24)/t12-,14+,16-,18-/m1/s1. The summed E-state index contributed by atoms with van der Waals surface area (Å²) < 4.78 is 12.9. The van der Waals surface area contributed by atoms with Crippen LogP contribution in [0.25, 0.3) is 0 Å². The van der Waals surface area contributed by atoms with E-state index in [4.69, 9.17) is 9.47 Å². The fourth-order valence-corrected chi connectivity index (χ4v) is 3.73. The first-order valence-corrected chi connectivity index (χ1v) is 8.28. The van der Waals surface area contributed by atoms with Gasteiger partial charge < -0.3 is 14.6 Å². The second-order valence-corrected chi connectivity index (χ2v) is 6.69. The number of benzene rings is 1. The number of fused-ring (bicyclic) bond motifs is 2. The normalized spacial score (nSPS) is 29.8. The molecule has 2 aliphatic heterocycles. The highest BCUT2D eigenvalue weighted by Crippen LogP contribution is 2.49. The molecule has 0 unspecified atom stereocenters. The topological polar surface area (TPSA) is 111 Å². The highest BCUT2D eigenvalue weighted by Gasteiger charge is 2.64. The maximum atomic E-state index is 13.0. The van der Waals surface area contributed by atoms with Crippen molar-refractivity contribution in [2.75, 3.05) is 13.2 Å². The number of aliphatic hydroxyl groups excluding tert-OH is 1. The molecule has 1 aromatic carbocycles. The van der Waals surface area contributed by atoms with Crippen LogP contribution in [0.5, 0.6) is 0 Å². The van der Waals surface area contributed by atoms with E-state index in [-0.39, 0.29) is 12.4 Å². The molecular weight excluding hydrogens is 340 g/mol. The molecule has 0 spiro atoms. The average molecular weight is 358 g/mol. The molecule has 8 nitrogen and oxygen atoms in total. The molecule has 2 aliphatic rings. The molecule has 0 radical (unpaired) electrons. The monoisotopic (exact) mass is 358 g/mol. The molecular formula is C18H18N2O6. The Morgan fingerprint density at radius 1 is 1.35 bits per heavy atom. The second-order valence-electron chi connectivity index (χ2n) is 6.69. The zero-order valence-electron chi connectivity index (χ0n) is 14.0. The minimum atomic E-state index is -1.22.